The van der Waals surface area contributed by atoms with E-state index in [1.54, 1.807) is 30.5 Å². The van der Waals surface area contributed by atoms with Crippen LogP contribution in [0.1, 0.15) is 30.3 Å². The Hall–Kier alpha value is -3.08. The average molecular weight is 480 g/mol. The molecule has 0 aliphatic heterocycles. The molecule has 0 radical (unpaired) electrons. The third-order valence-electron chi connectivity index (χ3n) is 4.92. The molecule has 1 amide bonds. The lowest BCUT2D eigenvalue weighted by molar-refractivity contribution is -0.141. The summed E-state index contributed by atoms with van der Waals surface area (Å²) in [4.78, 5) is 20.1. The van der Waals surface area contributed by atoms with Gasteiger partial charge in [-0.15, -0.1) is 0 Å². The number of benzene rings is 1. The molecule has 0 fully saturated rings. The van der Waals surface area contributed by atoms with Crippen LogP contribution >= 0.6 is 11.8 Å². The van der Waals surface area contributed by atoms with E-state index >= 15 is 0 Å². The first kappa shape index (κ1) is 24.6. The molecule has 11 heteroatoms. The van der Waals surface area contributed by atoms with Crippen molar-refractivity contribution >= 4 is 17.7 Å². The number of hydrogen-bond acceptors (Lipinski definition) is 6. The van der Waals surface area contributed by atoms with Crippen molar-refractivity contribution in [3.63, 3.8) is 0 Å². The molecule has 0 saturated carbocycles. The van der Waals surface area contributed by atoms with Crippen molar-refractivity contribution in [2.45, 2.75) is 44.7 Å². The summed E-state index contributed by atoms with van der Waals surface area (Å²) in [5, 5.41) is 7.00. The van der Waals surface area contributed by atoms with Crippen LogP contribution in [0.3, 0.4) is 0 Å². The van der Waals surface area contributed by atoms with Crippen LogP contribution in [0.25, 0.3) is 11.3 Å². The first-order valence-electron chi connectivity index (χ1n) is 10.2. The Morgan fingerprint density at radius 1 is 1.21 bits per heavy atom. The van der Waals surface area contributed by atoms with Crippen molar-refractivity contribution in [2.24, 2.45) is 0 Å². The molecule has 2 heterocycles. The summed E-state index contributed by atoms with van der Waals surface area (Å²) in [6.07, 6.45) is -2.79. The molecular formula is C22H24F3N5O2S. The zero-order valence-electron chi connectivity index (χ0n) is 18.4. The Balaban J connectivity index is 1.64. The molecule has 1 N–H and O–H groups in total. The molecule has 3 aromatic rings. The van der Waals surface area contributed by atoms with E-state index in [4.69, 9.17) is 4.74 Å². The van der Waals surface area contributed by atoms with Crippen LogP contribution in [0.5, 0.6) is 5.75 Å². The average Bonchev–Trinajstić information content (AvgIpc) is 3.16. The number of hydrogen-bond donors (Lipinski definition) is 1. The molecule has 0 aliphatic rings. The van der Waals surface area contributed by atoms with Crippen LogP contribution in [0.4, 0.5) is 13.2 Å². The largest absolute Gasteiger partial charge is 0.497 e. The fraction of sp³-hybridized carbons (Fsp3) is 0.364. The summed E-state index contributed by atoms with van der Waals surface area (Å²) in [5.41, 5.74) is 1.53. The molecule has 0 aliphatic carbocycles. The number of thioether (sulfide) groups is 1. The third-order valence-corrected chi connectivity index (χ3v) is 5.77. The van der Waals surface area contributed by atoms with Gasteiger partial charge in [-0.2, -0.15) is 18.3 Å². The molecule has 0 saturated heterocycles. The molecule has 7 nitrogen and oxygen atoms in total. The number of aryl methyl sites for hydroxylation is 1. The summed E-state index contributed by atoms with van der Waals surface area (Å²) < 4.78 is 47.0. The number of carbonyl (C=O) groups is 1. The molecular weight excluding hydrogens is 455 g/mol. The molecule has 2 aromatic heterocycles. The second-order valence-corrected chi connectivity index (χ2v) is 8.16. The highest BCUT2D eigenvalue weighted by Crippen LogP contribution is 2.32. The van der Waals surface area contributed by atoms with Gasteiger partial charge in [0.2, 0.25) is 5.91 Å². The van der Waals surface area contributed by atoms with Crippen molar-refractivity contribution in [2.75, 3.05) is 12.9 Å². The van der Waals surface area contributed by atoms with Crippen LogP contribution in [0, 0.1) is 6.92 Å². The summed E-state index contributed by atoms with van der Waals surface area (Å²) in [6.45, 7) is 5.00. The zero-order valence-corrected chi connectivity index (χ0v) is 19.3. The van der Waals surface area contributed by atoms with E-state index in [0.717, 1.165) is 35.6 Å². The molecule has 176 valence electrons. The first-order valence-corrected chi connectivity index (χ1v) is 11.2. The minimum atomic E-state index is -4.61. The van der Waals surface area contributed by atoms with E-state index in [9.17, 15) is 18.0 Å². The number of nitrogens with zero attached hydrogens (tertiary/aromatic N) is 4. The topological polar surface area (TPSA) is 81.9 Å². The molecule has 0 unspecified atom stereocenters. The number of carbonyl (C=O) groups excluding carboxylic acids is 1. The smallest absolute Gasteiger partial charge is 0.433 e. The summed E-state index contributed by atoms with van der Waals surface area (Å²) in [6, 6.07) is 7.47. The number of methoxy groups -OCH3 is 1. The molecule has 3 rings (SSSR count). The lowest BCUT2D eigenvalue weighted by atomic mass is 10.1. The lowest BCUT2D eigenvalue weighted by Gasteiger charge is -2.11. The van der Waals surface area contributed by atoms with Gasteiger partial charge in [-0.05, 0) is 44.2 Å². The van der Waals surface area contributed by atoms with Gasteiger partial charge in [0, 0.05) is 42.1 Å². The van der Waals surface area contributed by atoms with Crippen molar-refractivity contribution in [1.82, 2.24) is 25.1 Å². The third kappa shape index (κ3) is 6.47. The van der Waals surface area contributed by atoms with Crippen molar-refractivity contribution in [3.8, 4) is 17.0 Å². The maximum absolute atomic E-state index is 13.4. The minimum Gasteiger partial charge on any atom is -0.497 e. The van der Waals surface area contributed by atoms with Crippen molar-refractivity contribution in [1.29, 1.82) is 0 Å². The number of nitrogens with one attached hydrogen (secondary N) is 1. The van der Waals surface area contributed by atoms with Gasteiger partial charge in [-0.25, -0.2) is 9.97 Å². The number of halogens is 3. The number of rotatable bonds is 9. The highest BCUT2D eigenvalue weighted by atomic mass is 32.2. The van der Waals surface area contributed by atoms with E-state index < -0.39 is 11.9 Å². The van der Waals surface area contributed by atoms with Crippen LogP contribution in [-0.2, 0) is 24.1 Å². The van der Waals surface area contributed by atoms with Crippen molar-refractivity contribution < 1.29 is 22.7 Å². The monoisotopic (exact) mass is 479 g/mol. The predicted molar refractivity (Wildman–Crippen MR) is 119 cm³/mol. The van der Waals surface area contributed by atoms with Gasteiger partial charge in [-0.3, -0.25) is 9.48 Å². The number of aromatic nitrogens is 4. The van der Waals surface area contributed by atoms with E-state index in [-0.39, 0.29) is 28.9 Å². The van der Waals surface area contributed by atoms with Gasteiger partial charge >= 0.3 is 6.18 Å². The maximum Gasteiger partial charge on any atom is 0.433 e. The van der Waals surface area contributed by atoms with Crippen molar-refractivity contribution in [3.05, 3.63) is 53.5 Å². The number of amides is 1. The lowest BCUT2D eigenvalue weighted by Crippen LogP contribution is -2.23. The van der Waals surface area contributed by atoms with E-state index in [0.29, 0.717) is 17.9 Å². The highest BCUT2D eigenvalue weighted by molar-refractivity contribution is 7.99. The maximum atomic E-state index is 13.4. The SMILES string of the molecule is CCn1ncc(CNC(=O)CCSc2nc(-c3ccc(OC)cc3)cc(C(F)(F)F)n2)c1C. The standard InChI is InChI=1S/C22H24F3N5O2S/c1-4-30-14(2)16(13-27-30)12-26-20(31)9-10-33-21-28-18(11-19(29-21)22(23,24)25)15-5-7-17(32-3)8-6-15/h5-8,11,13H,4,9-10,12H2,1-3H3,(H,26,31). The van der Waals surface area contributed by atoms with Crippen LogP contribution in [0.15, 0.2) is 41.7 Å². The second-order valence-electron chi connectivity index (χ2n) is 7.09. The Morgan fingerprint density at radius 2 is 1.94 bits per heavy atom. The van der Waals surface area contributed by atoms with E-state index in [1.807, 2.05) is 18.5 Å². The number of ether oxygens (including phenoxy) is 1. The van der Waals surface area contributed by atoms with Gasteiger partial charge in [-0.1, -0.05) is 11.8 Å². The van der Waals surface area contributed by atoms with Gasteiger partial charge < -0.3 is 10.1 Å². The fourth-order valence-corrected chi connectivity index (χ4v) is 3.84. The van der Waals surface area contributed by atoms with Gasteiger partial charge in [0.15, 0.2) is 5.16 Å². The second kappa shape index (κ2) is 10.7. The zero-order chi connectivity index (χ0) is 24.0. The quantitative estimate of drug-likeness (QED) is 0.360. The summed E-state index contributed by atoms with van der Waals surface area (Å²) in [5.74, 6) is 0.609. The van der Waals surface area contributed by atoms with Gasteiger partial charge in [0.25, 0.3) is 0 Å². The van der Waals surface area contributed by atoms with Gasteiger partial charge in [0.1, 0.15) is 11.4 Å². The molecule has 0 atom stereocenters. The van der Waals surface area contributed by atoms with E-state index in [2.05, 4.69) is 20.4 Å². The molecule has 0 spiro atoms. The Bertz CT molecular complexity index is 1100. The van der Waals surface area contributed by atoms with Crippen LogP contribution < -0.4 is 10.1 Å². The van der Waals surface area contributed by atoms with Gasteiger partial charge in [0.05, 0.1) is 19.0 Å². The molecule has 1 aromatic carbocycles. The Kier molecular flexibility index (Phi) is 7.96. The highest BCUT2D eigenvalue weighted by Gasteiger charge is 2.33. The molecule has 33 heavy (non-hydrogen) atoms. The predicted octanol–water partition coefficient (Wildman–Crippen LogP) is 4.49. The van der Waals surface area contributed by atoms with E-state index in [1.165, 1.54) is 7.11 Å². The summed E-state index contributed by atoms with van der Waals surface area (Å²) in [7, 11) is 1.51. The Labute approximate surface area is 193 Å². The Morgan fingerprint density at radius 3 is 2.55 bits per heavy atom. The summed E-state index contributed by atoms with van der Waals surface area (Å²) >= 11 is 1.00. The fourth-order valence-electron chi connectivity index (χ4n) is 3.04. The van der Waals surface area contributed by atoms with Crippen LogP contribution in [-0.4, -0.2) is 38.5 Å². The number of alkyl halides is 3. The minimum absolute atomic E-state index is 0.0384. The van der Waals surface area contributed by atoms with Crippen LogP contribution in [0.2, 0.25) is 0 Å². The molecule has 0 bridgehead atoms. The normalized spacial score (nSPS) is 11.5. The first-order chi connectivity index (χ1) is 15.7.